The Morgan fingerprint density at radius 2 is 1.92 bits per heavy atom. The highest BCUT2D eigenvalue weighted by Crippen LogP contribution is 2.51. The van der Waals surface area contributed by atoms with Crippen LogP contribution in [0, 0.1) is 16.0 Å². The number of nitrogens with zero attached hydrogens (tertiary/aromatic N) is 1. The second-order valence-corrected chi connectivity index (χ2v) is 7.08. The second-order valence-electron chi connectivity index (χ2n) is 7.08. The molecule has 0 saturated carbocycles. The molecule has 1 N–H and O–H groups in total. The zero-order valence-corrected chi connectivity index (χ0v) is 14.1. The van der Waals surface area contributed by atoms with E-state index in [1.807, 2.05) is 6.07 Å². The number of allylic oxidation sites excluding steroid dienone is 2. The zero-order valence-electron chi connectivity index (χ0n) is 14.1. The first-order valence-corrected chi connectivity index (χ1v) is 8.91. The van der Waals surface area contributed by atoms with Crippen molar-refractivity contribution >= 4 is 22.1 Å². The molecule has 0 saturated heterocycles. The Labute approximate surface area is 151 Å². The Hall–Kier alpha value is -3.14. The third-order valence-corrected chi connectivity index (χ3v) is 5.70. The van der Waals surface area contributed by atoms with Crippen LogP contribution in [-0.2, 0) is 0 Å². The maximum absolute atomic E-state index is 11.2. The van der Waals surface area contributed by atoms with Gasteiger partial charge in [-0.3, -0.25) is 10.1 Å². The lowest BCUT2D eigenvalue weighted by molar-refractivity contribution is -0.384. The lowest BCUT2D eigenvalue weighted by atomic mass is 9.75. The van der Waals surface area contributed by atoms with E-state index in [1.54, 1.807) is 18.2 Å². The van der Waals surface area contributed by atoms with Crippen molar-refractivity contribution in [1.82, 2.24) is 0 Å². The summed E-state index contributed by atoms with van der Waals surface area (Å²) in [4.78, 5) is 10.9. The number of nitro benzene ring substituents is 1. The van der Waals surface area contributed by atoms with Crippen molar-refractivity contribution in [2.24, 2.45) is 5.92 Å². The van der Waals surface area contributed by atoms with Crippen molar-refractivity contribution < 1.29 is 4.92 Å². The minimum atomic E-state index is -0.321. The van der Waals surface area contributed by atoms with Gasteiger partial charge in [0.25, 0.3) is 5.69 Å². The number of non-ortho nitro benzene ring substituents is 1. The third-order valence-electron chi connectivity index (χ3n) is 5.70. The number of fused-ring (bicyclic) bond motifs is 5. The highest BCUT2D eigenvalue weighted by Gasteiger charge is 2.39. The van der Waals surface area contributed by atoms with Gasteiger partial charge in [0.2, 0.25) is 0 Å². The molecule has 1 aliphatic carbocycles. The van der Waals surface area contributed by atoms with E-state index < -0.39 is 0 Å². The van der Waals surface area contributed by atoms with Crippen LogP contribution < -0.4 is 5.32 Å². The minimum absolute atomic E-state index is 0.0727. The summed E-state index contributed by atoms with van der Waals surface area (Å²) in [6, 6.07) is 19.9. The molecule has 4 nitrogen and oxygen atoms in total. The van der Waals surface area contributed by atoms with Crippen molar-refractivity contribution in [3.05, 3.63) is 94.1 Å². The molecule has 3 unspecified atom stereocenters. The van der Waals surface area contributed by atoms with Crippen molar-refractivity contribution in [1.29, 1.82) is 0 Å². The number of hydrogen-bond acceptors (Lipinski definition) is 3. The molecule has 0 spiro atoms. The van der Waals surface area contributed by atoms with E-state index in [4.69, 9.17) is 0 Å². The maximum Gasteiger partial charge on any atom is 0.269 e. The Balaban J connectivity index is 1.65. The van der Waals surface area contributed by atoms with Crippen LogP contribution in [0.2, 0.25) is 0 Å². The van der Waals surface area contributed by atoms with E-state index in [0.29, 0.717) is 11.8 Å². The van der Waals surface area contributed by atoms with Crippen LogP contribution in [0.15, 0.2) is 72.8 Å². The smallest absolute Gasteiger partial charge is 0.269 e. The molecule has 0 bridgehead atoms. The van der Waals surface area contributed by atoms with Gasteiger partial charge < -0.3 is 5.32 Å². The molecule has 128 valence electrons. The number of benzene rings is 3. The summed E-state index contributed by atoms with van der Waals surface area (Å²) in [5.41, 5.74) is 3.62. The van der Waals surface area contributed by atoms with E-state index in [-0.39, 0.29) is 16.7 Å². The average molecular weight is 342 g/mol. The molecule has 1 heterocycles. The molecule has 2 aliphatic rings. The van der Waals surface area contributed by atoms with Crippen molar-refractivity contribution in [3.63, 3.8) is 0 Å². The maximum atomic E-state index is 11.2. The number of hydrogen-bond donors (Lipinski definition) is 1. The molecular formula is C22H18N2O2. The number of nitro groups is 1. The summed E-state index contributed by atoms with van der Waals surface area (Å²) in [5.74, 6) is 0.705. The summed E-state index contributed by atoms with van der Waals surface area (Å²) in [6.45, 7) is 0. The monoisotopic (exact) mass is 342 g/mol. The summed E-state index contributed by atoms with van der Waals surface area (Å²) < 4.78 is 0. The molecule has 0 fully saturated rings. The topological polar surface area (TPSA) is 55.2 Å². The predicted octanol–water partition coefficient (Wildman–Crippen LogP) is 5.57. The van der Waals surface area contributed by atoms with Gasteiger partial charge in [-0.25, -0.2) is 0 Å². The van der Waals surface area contributed by atoms with Gasteiger partial charge in [0.05, 0.1) is 11.0 Å². The molecule has 3 aromatic rings. The fraction of sp³-hybridized carbons (Fsp3) is 0.182. The molecule has 26 heavy (non-hydrogen) atoms. The van der Waals surface area contributed by atoms with E-state index in [0.717, 1.165) is 17.7 Å². The first-order chi connectivity index (χ1) is 12.7. The van der Waals surface area contributed by atoms with Crippen molar-refractivity contribution in [2.45, 2.75) is 18.4 Å². The van der Waals surface area contributed by atoms with Gasteiger partial charge in [0.15, 0.2) is 0 Å². The zero-order chi connectivity index (χ0) is 17.7. The second kappa shape index (κ2) is 5.70. The SMILES string of the molecule is O=[N+]([O-])c1cccc(C2Nc3ccc4ccccc4c3C3C=CCC32)c1. The van der Waals surface area contributed by atoms with E-state index >= 15 is 0 Å². The van der Waals surface area contributed by atoms with E-state index in [1.165, 1.54) is 16.3 Å². The van der Waals surface area contributed by atoms with Crippen molar-refractivity contribution in [3.8, 4) is 0 Å². The quantitative estimate of drug-likeness (QED) is 0.376. The van der Waals surface area contributed by atoms with Gasteiger partial charge in [0.1, 0.15) is 0 Å². The van der Waals surface area contributed by atoms with Crippen LogP contribution >= 0.6 is 0 Å². The Morgan fingerprint density at radius 3 is 2.81 bits per heavy atom. The minimum Gasteiger partial charge on any atom is -0.378 e. The molecule has 4 heteroatoms. The Kier molecular flexibility index (Phi) is 3.32. The molecular weight excluding hydrogens is 324 g/mol. The Bertz CT molecular complexity index is 1060. The largest absolute Gasteiger partial charge is 0.378 e. The fourth-order valence-corrected chi connectivity index (χ4v) is 4.54. The normalized spacial score (nSPS) is 23.3. The van der Waals surface area contributed by atoms with Crippen LogP contribution in [0.4, 0.5) is 11.4 Å². The molecule has 5 rings (SSSR count). The highest BCUT2D eigenvalue weighted by atomic mass is 16.6. The molecule has 1 aliphatic heterocycles. The summed E-state index contributed by atoms with van der Waals surface area (Å²) >= 11 is 0. The van der Waals surface area contributed by atoms with Crippen LogP contribution in [0.5, 0.6) is 0 Å². The average Bonchev–Trinajstić information content (AvgIpc) is 3.16. The lowest BCUT2D eigenvalue weighted by Gasteiger charge is -2.38. The van der Waals surface area contributed by atoms with Gasteiger partial charge in [-0.05, 0) is 40.3 Å². The number of anilines is 1. The first kappa shape index (κ1) is 15.1. The van der Waals surface area contributed by atoms with Crippen LogP contribution in [0.3, 0.4) is 0 Å². The van der Waals surface area contributed by atoms with E-state index in [9.17, 15) is 10.1 Å². The molecule has 0 amide bonds. The molecule has 0 aromatic heterocycles. The van der Waals surface area contributed by atoms with Gasteiger partial charge in [-0.15, -0.1) is 0 Å². The molecule has 3 atom stereocenters. The number of nitrogens with one attached hydrogen (secondary N) is 1. The standard InChI is InChI=1S/C22H18N2O2/c25-24(26)16-7-3-6-15(13-16)22-19-10-4-9-18(19)21-17-8-2-1-5-14(17)11-12-20(21)23-22/h1-9,11-13,18-19,22-23H,10H2. The van der Waals surface area contributed by atoms with Crippen molar-refractivity contribution in [2.75, 3.05) is 5.32 Å². The third kappa shape index (κ3) is 2.22. The molecule has 3 aromatic carbocycles. The van der Waals surface area contributed by atoms with Crippen LogP contribution in [0.25, 0.3) is 10.8 Å². The molecule has 0 radical (unpaired) electrons. The van der Waals surface area contributed by atoms with Gasteiger partial charge >= 0.3 is 0 Å². The van der Waals surface area contributed by atoms with Crippen LogP contribution in [-0.4, -0.2) is 4.92 Å². The Morgan fingerprint density at radius 1 is 1.04 bits per heavy atom. The first-order valence-electron chi connectivity index (χ1n) is 8.91. The van der Waals surface area contributed by atoms with Crippen LogP contribution in [0.1, 0.15) is 29.5 Å². The van der Waals surface area contributed by atoms with Gasteiger partial charge in [-0.1, -0.05) is 54.6 Å². The summed E-state index contributed by atoms with van der Waals surface area (Å²) in [6.07, 6.45) is 5.53. The number of rotatable bonds is 2. The van der Waals surface area contributed by atoms with Gasteiger partial charge in [-0.2, -0.15) is 0 Å². The summed E-state index contributed by atoms with van der Waals surface area (Å²) in [7, 11) is 0. The summed E-state index contributed by atoms with van der Waals surface area (Å²) in [5, 5.41) is 17.4. The van der Waals surface area contributed by atoms with E-state index in [2.05, 4.69) is 53.9 Å². The highest BCUT2D eigenvalue weighted by molar-refractivity contribution is 5.91. The fourth-order valence-electron chi connectivity index (χ4n) is 4.54. The van der Waals surface area contributed by atoms with Gasteiger partial charge in [0, 0.05) is 23.7 Å². The lowest BCUT2D eigenvalue weighted by Crippen LogP contribution is -2.29. The predicted molar refractivity (Wildman–Crippen MR) is 103 cm³/mol.